The Morgan fingerprint density at radius 1 is 0.310 bits per heavy atom. The van der Waals surface area contributed by atoms with Gasteiger partial charge in [-0.3, -0.25) is 0 Å². The number of rotatable bonds is 7. The number of anilines is 3. The van der Waals surface area contributed by atoms with Crippen LogP contribution in [0.15, 0.2) is 237 Å². The van der Waals surface area contributed by atoms with Gasteiger partial charge in [-0.1, -0.05) is 200 Å². The predicted molar refractivity (Wildman–Crippen MR) is 244 cm³/mol. The van der Waals surface area contributed by atoms with Crippen LogP contribution in [0, 0.1) is 0 Å². The van der Waals surface area contributed by atoms with Crippen LogP contribution in [0.3, 0.4) is 0 Å². The Hall–Kier alpha value is -7.48. The molecule has 272 valence electrons. The molecule has 11 rings (SSSR count). The van der Waals surface area contributed by atoms with E-state index in [1.165, 1.54) is 77.2 Å². The second-order valence-corrected chi connectivity index (χ2v) is 15.3. The highest BCUT2D eigenvalue weighted by Gasteiger charge is 2.47. The SMILES string of the molecule is c1ccc(-c2ccc3cc(-c4ccc(N(c5cccc6c5-c5ccccc5C6(c5ccccc5)c5ccccc5)c5cccc6ccccc56)cc4)ccc3c2)cc1. The first-order valence-electron chi connectivity index (χ1n) is 20.1. The molecule has 0 aromatic heterocycles. The normalized spacial score (nSPS) is 12.6. The van der Waals surface area contributed by atoms with Gasteiger partial charge in [0.1, 0.15) is 0 Å². The van der Waals surface area contributed by atoms with Crippen molar-refractivity contribution in [3.8, 4) is 33.4 Å². The van der Waals surface area contributed by atoms with Crippen LogP contribution in [0.25, 0.3) is 54.9 Å². The third-order valence-electron chi connectivity index (χ3n) is 12.1. The van der Waals surface area contributed by atoms with E-state index in [-0.39, 0.29) is 0 Å². The minimum absolute atomic E-state index is 0.489. The van der Waals surface area contributed by atoms with E-state index in [4.69, 9.17) is 0 Å². The van der Waals surface area contributed by atoms with Crippen molar-refractivity contribution in [3.63, 3.8) is 0 Å². The Morgan fingerprint density at radius 2 is 0.810 bits per heavy atom. The summed E-state index contributed by atoms with van der Waals surface area (Å²) in [7, 11) is 0. The molecule has 0 heterocycles. The Kier molecular flexibility index (Phi) is 8.12. The van der Waals surface area contributed by atoms with Crippen molar-refractivity contribution in [3.05, 3.63) is 259 Å². The van der Waals surface area contributed by atoms with Crippen LogP contribution in [-0.2, 0) is 5.41 Å². The van der Waals surface area contributed by atoms with Crippen LogP contribution >= 0.6 is 0 Å². The van der Waals surface area contributed by atoms with Gasteiger partial charge in [0, 0.05) is 16.6 Å². The van der Waals surface area contributed by atoms with Crippen molar-refractivity contribution < 1.29 is 0 Å². The van der Waals surface area contributed by atoms with Crippen LogP contribution in [0.5, 0.6) is 0 Å². The molecule has 0 saturated heterocycles. The molecule has 0 fully saturated rings. The molecule has 1 nitrogen and oxygen atoms in total. The highest BCUT2D eigenvalue weighted by atomic mass is 15.1. The molecule has 10 aromatic rings. The molecule has 0 amide bonds. The molecule has 0 N–H and O–H groups in total. The molecule has 58 heavy (non-hydrogen) atoms. The maximum atomic E-state index is 2.49. The van der Waals surface area contributed by atoms with Gasteiger partial charge in [-0.15, -0.1) is 0 Å². The topological polar surface area (TPSA) is 3.24 Å². The first-order valence-corrected chi connectivity index (χ1v) is 20.1. The van der Waals surface area contributed by atoms with E-state index >= 15 is 0 Å². The van der Waals surface area contributed by atoms with Gasteiger partial charge in [-0.25, -0.2) is 0 Å². The van der Waals surface area contributed by atoms with Crippen molar-refractivity contribution in [1.82, 2.24) is 0 Å². The van der Waals surface area contributed by atoms with Gasteiger partial charge in [0.25, 0.3) is 0 Å². The highest BCUT2D eigenvalue weighted by molar-refractivity contribution is 6.03. The average molecular weight is 738 g/mol. The van der Waals surface area contributed by atoms with E-state index in [1.807, 2.05) is 0 Å². The van der Waals surface area contributed by atoms with Gasteiger partial charge in [-0.05, 0) is 103 Å². The largest absolute Gasteiger partial charge is 0.309 e. The third-order valence-corrected chi connectivity index (χ3v) is 12.1. The lowest BCUT2D eigenvalue weighted by Gasteiger charge is -2.34. The molecule has 0 saturated carbocycles. The Labute approximate surface area is 339 Å². The van der Waals surface area contributed by atoms with Gasteiger partial charge < -0.3 is 4.90 Å². The highest BCUT2D eigenvalue weighted by Crippen LogP contribution is 2.59. The van der Waals surface area contributed by atoms with Crippen LogP contribution in [-0.4, -0.2) is 0 Å². The summed E-state index contributed by atoms with van der Waals surface area (Å²) in [6.07, 6.45) is 0. The third kappa shape index (κ3) is 5.39. The van der Waals surface area contributed by atoms with E-state index in [0.717, 1.165) is 17.1 Å². The zero-order valence-corrected chi connectivity index (χ0v) is 32.0. The smallest absolute Gasteiger partial charge is 0.0714 e. The van der Waals surface area contributed by atoms with Crippen LogP contribution in [0.4, 0.5) is 17.1 Å². The van der Waals surface area contributed by atoms with Crippen LogP contribution in [0.1, 0.15) is 22.3 Å². The van der Waals surface area contributed by atoms with E-state index in [1.54, 1.807) is 0 Å². The van der Waals surface area contributed by atoms with Crippen molar-refractivity contribution >= 4 is 38.6 Å². The summed E-state index contributed by atoms with van der Waals surface area (Å²) in [4.78, 5) is 2.49. The number of fused-ring (bicyclic) bond motifs is 5. The van der Waals surface area contributed by atoms with Gasteiger partial charge in [0.2, 0.25) is 0 Å². The molecule has 1 aliphatic carbocycles. The summed E-state index contributed by atoms with van der Waals surface area (Å²) in [6, 6.07) is 86.8. The quantitative estimate of drug-likeness (QED) is 0.157. The maximum Gasteiger partial charge on any atom is 0.0714 e. The average Bonchev–Trinajstić information content (AvgIpc) is 3.61. The summed E-state index contributed by atoms with van der Waals surface area (Å²) in [6.45, 7) is 0. The summed E-state index contributed by atoms with van der Waals surface area (Å²) < 4.78 is 0. The summed E-state index contributed by atoms with van der Waals surface area (Å²) in [5.74, 6) is 0. The van der Waals surface area contributed by atoms with E-state index < -0.39 is 5.41 Å². The summed E-state index contributed by atoms with van der Waals surface area (Å²) in [5.41, 5.74) is 15.4. The zero-order valence-electron chi connectivity index (χ0n) is 32.0. The van der Waals surface area contributed by atoms with E-state index in [2.05, 4.69) is 241 Å². The Balaban J connectivity index is 1.10. The molecule has 0 atom stereocenters. The zero-order chi connectivity index (χ0) is 38.5. The maximum absolute atomic E-state index is 2.49. The van der Waals surface area contributed by atoms with E-state index in [0.29, 0.717) is 0 Å². The van der Waals surface area contributed by atoms with Crippen molar-refractivity contribution in [2.24, 2.45) is 0 Å². The molecule has 0 bridgehead atoms. The van der Waals surface area contributed by atoms with E-state index in [9.17, 15) is 0 Å². The lowest BCUT2D eigenvalue weighted by atomic mass is 9.68. The van der Waals surface area contributed by atoms with Crippen molar-refractivity contribution in [2.75, 3.05) is 4.90 Å². The summed E-state index contributed by atoms with van der Waals surface area (Å²) in [5, 5.41) is 4.89. The van der Waals surface area contributed by atoms with Gasteiger partial charge in [0.15, 0.2) is 0 Å². The minimum Gasteiger partial charge on any atom is -0.309 e. The fraction of sp³-hybridized carbons (Fsp3) is 0.0175. The fourth-order valence-corrected chi connectivity index (χ4v) is 9.51. The van der Waals surface area contributed by atoms with Crippen molar-refractivity contribution in [1.29, 1.82) is 0 Å². The monoisotopic (exact) mass is 737 g/mol. The lowest BCUT2D eigenvalue weighted by Crippen LogP contribution is -2.28. The molecule has 0 radical (unpaired) electrons. The first-order chi connectivity index (χ1) is 28.8. The number of nitrogens with zero attached hydrogens (tertiary/aromatic N) is 1. The number of hydrogen-bond acceptors (Lipinski definition) is 1. The second kappa shape index (κ2) is 13.9. The molecule has 1 aliphatic rings. The van der Waals surface area contributed by atoms with Crippen molar-refractivity contribution in [2.45, 2.75) is 5.41 Å². The molecule has 10 aromatic carbocycles. The standard InChI is InChI=1S/C57H39N/c1-4-16-40(17-5-1)43-30-32-46-39-44(31-33-45(46)38-43)41-34-36-49(37-35-41)58(54-28-14-19-42-18-10-11-24-50(42)54)55-29-15-27-53-56(55)51-25-12-13-26-52(51)57(53,47-20-6-2-7-21-47)48-22-8-3-9-23-48/h1-39H. The molecule has 1 heteroatoms. The number of hydrogen-bond donors (Lipinski definition) is 0. The first kappa shape index (κ1) is 33.8. The summed E-state index contributed by atoms with van der Waals surface area (Å²) >= 11 is 0. The fourth-order valence-electron chi connectivity index (χ4n) is 9.51. The minimum atomic E-state index is -0.489. The Morgan fingerprint density at radius 3 is 1.50 bits per heavy atom. The molecule has 0 unspecified atom stereocenters. The predicted octanol–water partition coefficient (Wildman–Crippen LogP) is 15.2. The van der Waals surface area contributed by atoms with Crippen LogP contribution in [0.2, 0.25) is 0 Å². The molecular weight excluding hydrogens is 699 g/mol. The molecular formula is C57H39N. The lowest BCUT2D eigenvalue weighted by molar-refractivity contribution is 0.768. The Bertz CT molecular complexity index is 3050. The van der Waals surface area contributed by atoms with Crippen LogP contribution < -0.4 is 4.90 Å². The van der Waals surface area contributed by atoms with Gasteiger partial charge in [0.05, 0.1) is 16.8 Å². The molecule has 0 aliphatic heterocycles. The molecule has 0 spiro atoms. The second-order valence-electron chi connectivity index (χ2n) is 15.3. The number of benzene rings is 10. The van der Waals surface area contributed by atoms with Gasteiger partial charge in [-0.2, -0.15) is 0 Å². The van der Waals surface area contributed by atoms with Gasteiger partial charge >= 0.3 is 0 Å².